The fraction of sp³-hybridized carbons (Fsp3) is 0.423. The zero-order chi connectivity index (χ0) is 24.5. The molecule has 0 aromatic heterocycles. The van der Waals surface area contributed by atoms with Crippen LogP contribution >= 0.6 is 0 Å². The highest BCUT2D eigenvalue weighted by atomic mass is 16.6. The van der Waals surface area contributed by atoms with Crippen molar-refractivity contribution < 1.29 is 29.0 Å². The second-order valence-electron chi connectivity index (χ2n) is 9.10. The largest absolute Gasteiger partial charge is 0.480 e. The van der Waals surface area contributed by atoms with Crippen LogP contribution in [-0.2, 0) is 19.1 Å². The highest BCUT2D eigenvalue weighted by Crippen LogP contribution is 2.44. The molecule has 0 spiro atoms. The Morgan fingerprint density at radius 2 is 1.68 bits per heavy atom. The number of hydrogen-bond donors (Lipinski definition) is 2. The van der Waals surface area contributed by atoms with E-state index in [2.05, 4.69) is 17.4 Å². The Bertz CT molecular complexity index is 1050. The van der Waals surface area contributed by atoms with Gasteiger partial charge in [0.2, 0.25) is 0 Å². The third-order valence-corrected chi connectivity index (χ3v) is 6.76. The second-order valence-corrected chi connectivity index (χ2v) is 9.10. The smallest absolute Gasteiger partial charge is 0.407 e. The summed E-state index contributed by atoms with van der Waals surface area (Å²) in [6.07, 6.45) is -1.15. The van der Waals surface area contributed by atoms with E-state index in [1.807, 2.05) is 36.4 Å². The molecule has 4 rings (SSSR count). The van der Waals surface area contributed by atoms with Crippen molar-refractivity contribution >= 4 is 18.0 Å². The molecule has 1 heterocycles. The zero-order valence-corrected chi connectivity index (χ0v) is 19.6. The van der Waals surface area contributed by atoms with Gasteiger partial charge >= 0.3 is 12.1 Å². The summed E-state index contributed by atoms with van der Waals surface area (Å²) >= 11 is 0. The van der Waals surface area contributed by atoms with Gasteiger partial charge in [0.1, 0.15) is 12.1 Å². The first-order valence-corrected chi connectivity index (χ1v) is 11.5. The molecular formula is C26H30N2O6. The minimum absolute atomic E-state index is 0.0673. The molecule has 34 heavy (non-hydrogen) atoms. The van der Waals surface area contributed by atoms with Gasteiger partial charge in [-0.3, -0.25) is 4.79 Å². The van der Waals surface area contributed by atoms with E-state index in [0.717, 1.165) is 22.3 Å². The summed E-state index contributed by atoms with van der Waals surface area (Å²) in [7, 11) is 0. The monoisotopic (exact) mass is 466 g/mol. The van der Waals surface area contributed by atoms with Crippen molar-refractivity contribution in [2.45, 2.75) is 50.8 Å². The van der Waals surface area contributed by atoms with Crippen LogP contribution in [0.15, 0.2) is 48.5 Å². The first-order valence-electron chi connectivity index (χ1n) is 11.5. The number of likely N-dealkylation sites (N-methyl/N-ethyl adjacent to an activating group) is 1. The lowest BCUT2D eigenvalue weighted by atomic mass is 9.98. The summed E-state index contributed by atoms with van der Waals surface area (Å²) in [5.41, 5.74) is 3.11. The predicted octanol–water partition coefficient (Wildman–Crippen LogP) is 3.39. The van der Waals surface area contributed by atoms with Gasteiger partial charge in [-0.15, -0.1) is 0 Å². The molecule has 2 atom stereocenters. The number of carboxylic acid groups (broad SMARTS) is 1. The van der Waals surface area contributed by atoms with Crippen molar-refractivity contribution in [3.05, 3.63) is 59.7 Å². The third-order valence-electron chi connectivity index (χ3n) is 6.76. The van der Waals surface area contributed by atoms with Gasteiger partial charge in [-0.25, -0.2) is 9.59 Å². The number of nitrogens with zero attached hydrogens (tertiary/aromatic N) is 1. The summed E-state index contributed by atoms with van der Waals surface area (Å²) in [5, 5.41) is 12.3. The Hall–Kier alpha value is -3.39. The number of hydrogen-bond acceptors (Lipinski definition) is 5. The van der Waals surface area contributed by atoms with Gasteiger partial charge in [-0.05, 0) is 49.4 Å². The number of alkyl carbamates (subject to hydrolysis) is 1. The van der Waals surface area contributed by atoms with E-state index in [9.17, 15) is 19.5 Å². The highest BCUT2D eigenvalue weighted by Gasteiger charge is 2.44. The van der Waals surface area contributed by atoms with Gasteiger partial charge in [0.25, 0.3) is 5.91 Å². The van der Waals surface area contributed by atoms with E-state index >= 15 is 0 Å². The fourth-order valence-electron chi connectivity index (χ4n) is 4.87. The molecule has 2 aromatic rings. The van der Waals surface area contributed by atoms with Crippen LogP contribution in [0, 0.1) is 0 Å². The normalized spacial score (nSPS) is 19.3. The molecule has 2 unspecified atom stereocenters. The standard InChI is InChI=1S/C26H30N2O6/c1-4-28(26(2,3)24(30)31)23(29)22-21(13-14-33-22)27-25(32)34-15-20-18-11-7-5-9-16(18)17-10-6-8-12-19(17)20/h5-12,20-22H,4,13-15H2,1-3H3,(H,27,32)(H,30,31). The molecule has 0 radical (unpaired) electrons. The Morgan fingerprint density at radius 1 is 1.09 bits per heavy atom. The molecule has 0 bridgehead atoms. The van der Waals surface area contributed by atoms with Crippen molar-refractivity contribution in [2.75, 3.05) is 19.8 Å². The molecule has 180 valence electrons. The Morgan fingerprint density at radius 3 is 2.24 bits per heavy atom. The number of amides is 2. The van der Waals surface area contributed by atoms with Gasteiger partial charge in [0.15, 0.2) is 6.10 Å². The molecular weight excluding hydrogens is 436 g/mol. The number of nitrogens with one attached hydrogen (secondary N) is 1. The Kier molecular flexibility index (Phi) is 6.61. The van der Waals surface area contributed by atoms with Gasteiger partial charge in [0.05, 0.1) is 6.04 Å². The maximum atomic E-state index is 13.1. The van der Waals surface area contributed by atoms with Crippen LogP contribution in [0.2, 0.25) is 0 Å². The zero-order valence-electron chi connectivity index (χ0n) is 19.6. The van der Waals surface area contributed by atoms with Crippen LogP contribution in [0.4, 0.5) is 4.79 Å². The average Bonchev–Trinajstić information content (AvgIpc) is 3.40. The molecule has 8 heteroatoms. The van der Waals surface area contributed by atoms with E-state index in [1.165, 1.54) is 18.7 Å². The van der Waals surface area contributed by atoms with Crippen LogP contribution in [-0.4, -0.2) is 65.4 Å². The van der Waals surface area contributed by atoms with Gasteiger partial charge in [0, 0.05) is 19.1 Å². The van der Waals surface area contributed by atoms with E-state index in [4.69, 9.17) is 9.47 Å². The predicted molar refractivity (Wildman–Crippen MR) is 125 cm³/mol. The van der Waals surface area contributed by atoms with Crippen molar-refractivity contribution in [2.24, 2.45) is 0 Å². The van der Waals surface area contributed by atoms with Crippen LogP contribution in [0.25, 0.3) is 11.1 Å². The highest BCUT2D eigenvalue weighted by molar-refractivity contribution is 5.89. The minimum Gasteiger partial charge on any atom is -0.480 e. The lowest BCUT2D eigenvalue weighted by molar-refractivity contribution is -0.161. The first kappa shape index (κ1) is 23.8. The number of rotatable bonds is 7. The molecule has 8 nitrogen and oxygen atoms in total. The van der Waals surface area contributed by atoms with E-state index < -0.39 is 35.7 Å². The molecule has 2 amide bonds. The summed E-state index contributed by atoms with van der Waals surface area (Å²) in [5.74, 6) is -1.64. The van der Waals surface area contributed by atoms with Crippen LogP contribution in [0.5, 0.6) is 0 Å². The summed E-state index contributed by atoms with van der Waals surface area (Å²) < 4.78 is 11.2. The van der Waals surface area contributed by atoms with Gasteiger partial charge < -0.3 is 24.8 Å². The molecule has 2 aromatic carbocycles. The lowest BCUT2D eigenvalue weighted by Gasteiger charge is -2.36. The molecule has 1 aliphatic heterocycles. The van der Waals surface area contributed by atoms with Crippen molar-refractivity contribution in [3.8, 4) is 11.1 Å². The molecule has 1 aliphatic carbocycles. The summed E-state index contributed by atoms with van der Waals surface area (Å²) in [4.78, 5) is 38.7. The maximum absolute atomic E-state index is 13.1. The number of carbonyl (C=O) groups is 3. The SMILES string of the molecule is CCN(C(=O)C1OCCC1NC(=O)OCC1c2ccccc2-c2ccccc21)C(C)(C)C(=O)O. The van der Waals surface area contributed by atoms with Crippen molar-refractivity contribution in [1.29, 1.82) is 0 Å². The van der Waals surface area contributed by atoms with E-state index in [-0.39, 0.29) is 25.7 Å². The fourth-order valence-corrected chi connectivity index (χ4v) is 4.87. The van der Waals surface area contributed by atoms with Crippen molar-refractivity contribution in [3.63, 3.8) is 0 Å². The first-order chi connectivity index (χ1) is 16.3. The molecule has 2 aliphatic rings. The third kappa shape index (κ3) is 4.25. The Balaban J connectivity index is 1.41. The number of carbonyl (C=O) groups excluding carboxylic acids is 2. The molecule has 1 saturated heterocycles. The molecule has 2 N–H and O–H groups in total. The van der Waals surface area contributed by atoms with Crippen LogP contribution in [0.3, 0.4) is 0 Å². The van der Waals surface area contributed by atoms with Gasteiger partial charge in [-0.2, -0.15) is 0 Å². The minimum atomic E-state index is -1.40. The van der Waals surface area contributed by atoms with E-state index in [1.54, 1.807) is 6.92 Å². The van der Waals surface area contributed by atoms with E-state index in [0.29, 0.717) is 6.42 Å². The Labute approximate surface area is 198 Å². The second kappa shape index (κ2) is 9.46. The van der Waals surface area contributed by atoms with Crippen molar-refractivity contribution in [1.82, 2.24) is 10.2 Å². The van der Waals surface area contributed by atoms with Gasteiger partial charge in [-0.1, -0.05) is 48.5 Å². The number of ether oxygens (including phenoxy) is 2. The lowest BCUT2D eigenvalue weighted by Crippen LogP contribution is -2.58. The average molecular weight is 467 g/mol. The molecule has 0 saturated carbocycles. The quantitative estimate of drug-likeness (QED) is 0.648. The number of benzene rings is 2. The summed E-state index contributed by atoms with van der Waals surface area (Å²) in [6, 6.07) is 15.6. The topological polar surface area (TPSA) is 105 Å². The number of fused-ring (bicyclic) bond motifs is 3. The van der Waals surface area contributed by atoms with Crippen LogP contribution in [0.1, 0.15) is 44.2 Å². The summed E-state index contributed by atoms with van der Waals surface area (Å²) in [6.45, 7) is 5.31. The molecule has 1 fully saturated rings. The van der Waals surface area contributed by atoms with Crippen LogP contribution < -0.4 is 5.32 Å². The number of carboxylic acids is 1. The number of aliphatic carboxylic acids is 1. The maximum Gasteiger partial charge on any atom is 0.407 e.